The van der Waals surface area contributed by atoms with Crippen LogP contribution in [-0.4, -0.2) is 22.2 Å². The Morgan fingerprint density at radius 1 is 1.08 bits per heavy atom. The van der Waals surface area contributed by atoms with Gasteiger partial charge in [-0.25, -0.2) is 0 Å². The highest BCUT2D eigenvalue weighted by molar-refractivity contribution is 5.10. The minimum absolute atomic E-state index is 0.0263. The predicted molar refractivity (Wildman–Crippen MR) is 93.1 cm³/mol. The Hall–Kier alpha value is -0.640. The van der Waals surface area contributed by atoms with E-state index in [4.69, 9.17) is 0 Å². The monoisotopic (exact) mass is 335 g/mol. The van der Waals surface area contributed by atoms with Crippen molar-refractivity contribution in [1.82, 2.24) is 0 Å². The van der Waals surface area contributed by atoms with E-state index in [1.807, 2.05) is 0 Å². The molecule has 0 radical (unpaired) electrons. The quantitative estimate of drug-likeness (QED) is 0.600. The van der Waals surface area contributed by atoms with Gasteiger partial charge in [-0.1, -0.05) is 13.8 Å². The van der Waals surface area contributed by atoms with Crippen LogP contribution in [0.4, 0.5) is 0 Å². The Labute approximate surface area is 145 Å². The van der Waals surface area contributed by atoms with Gasteiger partial charge in [0.25, 0.3) is 0 Å². The summed E-state index contributed by atoms with van der Waals surface area (Å²) in [6.45, 7) is 4.58. The molecule has 0 amide bonds. The Kier molecular flexibility index (Phi) is 3.98. The molecule has 24 heavy (non-hydrogen) atoms. The number of aliphatic hydroxyl groups excluding tert-OH is 1. The van der Waals surface area contributed by atoms with Crippen molar-refractivity contribution in [2.45, 2.75) is 90.2 Å². The lowest BCUT2D eigenvalue weighted by atomic mass is 9.44. The summed E-state index contributed by atoms with van der Waals surface area (Å²) in [6.07, 6.45) is 10.8. The molecule has 0 saturated heterocycles. The van der Waals surface area contributed by atoms with Crippen molar-refractivity contribution >= 4 is 0 Å². The molecule has 0 aromatic rings. The first kappa shape index (κ1) is 16.8. The van der Waals surface area contributed by atoms with E-state index in [-0.39, 0.29) is 22.5 Å². The average Bonchev–Trinajstić information content (AvgIpc) is 2.91. The van der Waals surface area contributed by atoms with E-state index in [1.165, 1.54) is 32.1 Å². The zero-order valence-corrected chi connectivity index (χ0v) is 15.2. The van der Waals surface area contributed by atoms with E-state index in [0.29, 0.717) is 23.2 Å². The fourth-order valence-corrected chi connectivity index (χ4v) is 8.06. The van der Waals surface area contributed by atoms with Gasteiger partial charge in [-0.15, -0.1) is 0 Å². The molecule has 0 spiro atoms. The van der Waals surface area contributed by atoms with Crippen molar-refractivity contribution in [3.63, 3.8) is 0 Å². The zero-order valence-electron chi connectivity index (χ0n) is 15.2. The summed E-state index contributed by atoms with van der Waals surface area (Å²) in [5.74, 6) is 2.69. The van der Waals surface area contributed by atoms with Gasteiger partial charge < -0.3 is 5.11 Å². The standard InChI is InChI=1S/C20H33NO3/c1-3-20-11-8-14(22)12-13(20)4-5-15-16-6-7-18(21(23)24)19(16,2)10-9-17(15)20/h13-18,22H,3-12H2,1-2H3/t13-,14+,15-,16-,17-,18-,19-,20-/m0/s1. The maximum Gasteiger partial charge on any atom is 0.218 e. The minimum atomic E-state index is -0.313. The minimum Gasteiger partial charge on any atom is -0.393 e. The van der Waals surface area contributed by atoms with Crippen LogP contribution >= 0.6 is 0 Å². The van der Waals surface area contributed by atoms with Crippen LogP contribution in [0.3, 0.4) is 0 Å². The molecule has 0 unspecified atom stereocenters. The number of hydrogen-bond donors (Lipinski definition) is 1. The molecular formula is C20H33NO3. The second-order valence-electron chi connectivity index (χ2n) is 9.59. The summed E-state index contributed by atoms with van der Waals surface area (Å²) in [7, 11) is 0. The number of nitro groups is 1. The van der Waals surface area contributed by atoms with Crippen LogP contribution in [0.15, 0.2) is 0 Å². The molecule has 4 nitrogen and oxygen atoms in total. The molecule has 136 valence electrons. The van der Waals surface area contributed by atoms with Crippen LogP contribution in [0, 0.1) is 44.6 Å². The Bertz CT molecular complexity index is 523. The molecule has 0 aromatic carbocycles. The number of fused-ring (bicyclic) bond motifs is 5. The first-order chi connectivity index (χ1) is 11.4. The summed E-state index contributed by atoms with van der Waals surface area (Å²) in [5.41, 5.74) is 0.344. The highest BCUT2D eigenvalue weighted by Gasteiger charge is 2.63. The molecule has 4 rings (SSSR count). The number of nitrogens with zero attached hydrogens (tertiary/aromatic N) is 1. The maximum atomic E-state index is 11.6. The summed E-state index contributed by atoms with van der Waals surface area (Å²) < 4.78 is 0. The Morgan fingerprint density at radius 2 is 1.88 bits per heavy atom. The van der Waals surface area contributed by atoms with Crippen molar-refractivity contribution in [2.75, 3.05) is 0 Å². The number of rotatable bonds is 2. The van der Waals surface area contributed by atoms with Gasteiger partial charge in [-0.05, 0) is 86.9 Å². The molecule has 4 aliphatic carbocycles. The van der Waals surface area contributed by atoms with Crippen LogP contribution in [0.1, 0.15) is 78.1 Å². The van der Waals surface area contributed by atoms with Crippen LogP contribution in [0.5, 0.6) is 0 Å². The topological polar surface area (TPSA) is 63.4 Å². The van der Waals surface area contributed by atoms with Crippen molar-refractivity contribution < 1.29 is 10.0 Å². The van der Waals surface area contributed by atoms with Crippen LogP contribution < -0.4 is 0 Å². The lowest BCUT2D eigenvalue weighted by molar-refractivity contribution is -0.540. The summed E-state index contributed by atoms with van der Waals surface area (Å²) in [6, 6.07) is -0.313. The maximum absolute atomic E-state index is 11.6. The highest BCUT2D eigenvalue weighted by atomic mass is 16.6. The molecule has 4 saturated carbocycles. The van der Waals surface area contributed by atoms with Crippen molar-refractivity contribution in [2.24, 2.45) is 34.5 Å². The van der Waals surface area contributed by atoms with Gasteiger partial charge in [0.15, 0.2) is 0 Å². The van der Waals surface area contributed by atoms with Gasteiger partial charge >= 0.3 is 0 Å². The largest absolute Gasteiger partial charge is 0.393 e. The molecule has 0 bridgehead atoms. The third-order valence-electron chi connectivity index (χ3n) is 9.20. The molecular weight excluding hydrogens is 302 g/mol. The molecule has 0 heterocycles. The van der Waals surface area contributed by atoms with Crippen molar-refractivity contribution in [1.29, 1.82) is 0 Å². The second-order valence-corrected chi connectivity index (χ2v) is 9.59. The van der Waals surface area contributed by atoms with Gasteiger partial charge in [0.05, 0.1) is 6.10 Å². The molecule has 4 heteroatoms. The summed E-state index contributed by atoms with van der Waals surface area (Å²) in [5, 5.41) is 21.7. The summed E-state index contributed by atoms with van der Waals surface area (Å²) >= 11 is 0. The highest BCUT2D eigenvalue weighted by Crippen LogP contribution is 2.67. The lowest BCUT2D eigenvalue weighted by Crippen LogP contribution is -2.55. The van der Waals surface area contributed by atoms with E-state index in [9.17, 15) is 15.2 Å². The van der Waals surface area contributed by atoms with Gasteiger partial charge in [0.2, 0.25) is 6.04 Å². The van der Waals surface area contributed by atoms with E-state index in [0.717, 1.165) is 38.0 Å². The van der Waals surface area contributed by atoms with E-state index >= 15 is 0 Å². The van der Waals surface area contributed by atoms with Gasteiger partial charge in [0, 0.05) is 16.8 Å². The predicted octanol–water partition coefficient (Wildman–Crippen LogP) is 4.43. The van der Waals surface area contributed by atoms with Gasteiger partial charge in [-0.2, -0.15) is 0 Å². The third-order valence-corrected chi connectivity index (χ3v) is 9.20. The molecule has 4 aliphatic rings. The van der Waals surface area contributed by atoms with E-state index < -0.39 is 0 Å². The Balaban J connectivity index is 1.64. The van der Waals surface area contributed by atoms with E-state index in [1.54, 1.807) is 0 Å². The number of aliphatic hydroxyl groups is 1. The molecule has 1 N–H and O–H groups in total. The average molecular weight is 335 g/mol. The fourth-order valence-electron chi connectivity index (χ4n) is 8.06. The SMILES string of the molecule is CC[C@]12CC[C@@H](O)C[C@@H]1CC[C@H]1[C@@H]3CC[C@H]([N+](=O)[O-])[C@@]3(C)CC[C@@H]12. The van der Waals surface area contributed by atoms with Gasteiger partial charge in [0.1, 0.15) is 0 Å². The lowest BCUT2D eigenvalue weighted by Gasteiger charge is -2.61. The van der Waals surface area contributed by atoms with Crippen LogP contribution in [0.2, 0.25) is 0 Å². The molecule has 8 atom stereocenters. The van der Waals surface area contributed by atoms with Crippen molar-refractivity contribution in [3.8, 4) is 0 Å². The van der Waals surface area contributed by atoms with Crippen LogP contribution in [-0.2, 0) is 0 Å². The van der Waals surface area contributed by atoms with Crippen LogP contribution in [0.25, 0.3) is 0 Å². The fraction of sp³-hybridized carbons (Fsp3) is 1.00. The Morgan fingerprint density at radius 3 is 2.58 bits per heavy atom. The molecule has 0 aliphatic heterocycles. The first-order valence-corrected chi connectivity index (χ1v) is 10.2. The number of hydrogen-bond acceptors (Lipinski definition) is 3. The van der Waals surface area contributed by atoms with Crippen molar-refractivity contribution in [3.05, 3.63) is 10.1 Å². The zero-order chi connectivity index (χ0) is 17.1. The molecule has 0 aromatic heterocycles. The normalized spacial score (nSPS) is 53.8. The molecule has 4 fully saturated rings. The third kappa shape index (κ3) is 2.14. The summed E-state index contributed by atoms with van der Waals surface area (Å²) in [4.78, 5) is 11.6. The first-order valence-electron chi connectivity index (χ1n) is 10.2. The van der Waals surface area contributed by atoms with Gasteiger partial charge in [-0.3, -0.25) is 10.1 Å². The second kappa shape index (κ2) is 5.69. The smallest absolute Gasteiger partial charge is 0.218 e. The van der Waals surface area contributed by atoms with E-state index in [2.05, 4.69) is 13.8 Å².